The predicted molar refractivity (Wildman–Crippen MR) is 69.6 cm³/mol. The molecule has 0 bridgehead atoms. The topological polar surface area (TPSA) is 90.4 Å². The monoisotopic (exact) mass is 261 g/mol. The third-order valence-electron chi connectivity index (χ3n) is 3.20. The van der Waals surface area contributed by atoms with Gasteiger partial charge >= 0.3 is 0 Å². The van der Waals surface area contributed by atoms with Crippen LogP contribution < -0.4 is 11.1 Å². The molecule has 1 aromatic heterocycles. The number of para-hydroxylation sites is 2. The Kier molecular flexibility index (Phi) is 3.08. The molecular formula is C13H15N3O3. The number of benzene rings is 1. The Morgan fingerprint density at radius 1 is 1.42 bits per heavy atom. The Labute approximate surface area is 109 Å². The molecule has 100 valence electrons. The quantitative estimate of drug-likeness (QED) is 0.865. The van der Waals surface area contributed by atoms with Gasteiger partial charge in [0.05, 0.1) is 6.10 Å². The lowest BCUT2D eigenvalue weighted by molar-refractivity contribution is -0.128. The van der Waals surface area contributed by atoms with Crippen LogP contribution in [-0.4, -0.2) is 29.6 Å². The van der Waals surface area contributed by atoms with Gasteiger partial charge in [-0.1, -0.05) is 12.1 Å². The van der Waals surface area contributed by atoms with Crippen molar-refractivity contribution in [2.75, 3.05) is 11.9 Å². The Hall–Kier alpha value is -2.08. The number of carbonyl (C=O) groups excluding carboxylic acids is 1. The molecule has 0 spiro atoms. The summed E-state index contributed by atoms with van der Waals surface area (Å²) in [7, 11) is 0. The normalized spacial score (nSPS) is 22.7. The summed E-state index contributed by atoms with van der Waals surface area (Å²) in [4.78, 5) is 15.3. The second-order valence-corrected chi connectivity index (χ2v) is 4.59. The highest BCUT2D eigenvalue weighted by atomic mass is 16.5. The van der Waals surface area contributed by atoms with E-state index in [-0.39, 0.29) is 6.10 Å². The number of nitrogens with one attached hydrogen (secondary N) is 1. The predicted octanol–water partition coefficient (Wildman–Crippen LogP) is 1.27. The van der Waals surface area contributed by atoms with E-state index in [0.717, 1.165) is 17.5 Å². The molecule has 19 heavy (non-hydrogen) atoms. The summed E-state index contributed by atoms with van der Waals surface area (Å²) < 4.78 is 11.0. The van der Waals surface area contributed by atoms with Crippen LogP contribution in [0.4, 0.5) is 6.01 Å². The van der Waals surface area contributed by atoms with Crippen LogP contribution >= 0.6 is 0 Å². The van der Waals surface area contributed by atoms with Crippen LogP contribution in [0.2, 0.25) is 0 Å². The van der Waals surface area contributed by atoms with Gasteiger partial charge in [0.2, 0.25) is 5.91 Å². The highest BCUT2D eigenvalue weighted by molar-refractivity contribution is 5.79. The minimum absolute atomic E-state index is 0.0347. The Bertz CT molecular complexity index is 563. The number of fused-ring (bicyclic) bond motifs is 1. The summed E-state index contributed by atoms with van der Waals surface area (Å²) in [6.07, 6.45) is 0.985. The van der Waals surface area contributed by atoms with Crippen LogP contribution in [0.5, 0.6) is 0 Å². The van der Waals surface area contributed by atoms with Gasteiger partial charge in [0.1, 0.15) is 11.6 Å². The third-order valence-corrected chi connectivity index (χ3v) is 3.20. The van der Waals surface area contributed by atoms with E-state index in [1.807, 2.05) is 24.3 Å². The van der Waals surface area contributed by atoms with Crippen molar-refractivity contribution in [2.45, 2.75) is 25.0 Å². The van der Waals surface area contributed by atoms with Crippen molar-refractivity contribution < 1.29 is 13.9 Å². The number of oxazole rings is 1. The summed E-state index contributed by atoms with van der Waals surface area (Å²) >= 11 is 0. The molecule has 2 aromatic rings. The standard InChI is InChI=1S/C13H15N3O3/c14-12(17)11-6-5-8(18-11)7-15-13-16-9-3-1-2-4-10(9)19-13/h1-4,8,11H,5-7H2,(H2,14,17)(H,15,16). The average molecular weight is 261 g/mol. The van der Waals surface area contributed by atoms with E-state index < -0.39 is 12.0 Å². The van der Waals surface area contributed by atoms with Crippen molar-refractivity contribution in [3.63, 3.8) is 0 Å². The SMILES string of the molecule is NC(=O)C1CCC(CNc2nc3ccccc3o2)O1. The molecule has 1 aromatic carbocycles. The van der Waals surface area contributed by atoms with Crippen molar-refractivity contribution in [2.24, 2.45) is 5.73 Å². The number of nitrogens with two attached hydrogens (primary N) is 1. The fourth-order valence-corrected chi connectivity index (χ4v) is 2.21. The van der Waals surface area contributed by atoms with E-state index in [4.69, 9.17) is 14.9 Å². The van der Waals surface area contributed by atoms with Gasteiger partial charge in [-0.2, -0.15) is 4.98 Å². The molecule has 1 fully saturated rings. The van der Waals surface area contributed by atoms with Crippen LogP contribution in [0.25, 0.3) is 11.1 Å². The first-order valence-corrected chi connectivity index (χ1v) is 6.26. The zero-order valence-electron chi connectivity index (χ0n) is 10.3. The molecule has 6 heteroatoms. The molecule has 1 aliphatic rings. The first kappa shape index (κ1) is 12.0. The number of hydrogen-bond donors (Lipinski definition) is 2. The highest BCUT2D eigenvalue weighted by Crippen LogP contribution is 2.21. The van der Waals surface area contributed by atoms with E-state index in [0.29, 0.717) is 19.0 Å². The van der Waals surface area contributed by atoms with Crippen LogP contribution in [0.3, 0.4) is 0 Å². The van der Waals surface area contributed by atoms with Crippen LogP contribution in [0, 0.1) is 0 Å². The highest BCUT2D eigenvalue weighted by Gasteiger charge is 2.29. The van der Waals surface area contributed by atoms with Crippen molar-refractivity contribution in [1.82, 2.24) is 4.98 Å². The zero-order chi connectivity index (χ0) is 13.2. The Balaban J connectivity index is 1.59. The number of aromatic nitrogens is 1. The number of amides is 1. The summed E-state index contributed by atoms with van der Waals surface area (Å²) in [5.41, 5.74) is 6.76. The fourth-order valence-electron chi connectivity index (χ4n) is 2.21. The van der Waals surface area contributed by atoms with Gasteiger partial charge in [-0.05, 0) is 25.0 Å². The maximum Gasteiger partial charge on any atom is 0.295 e. The molecule has 1 saturated heterocycles. The number of nitrogens with zero attached hydrogens (tertiary/aromatic N) is 1. The van der Waals surface area contributed by atoms with Crippen molar-refractivity contribution in [3.05, 3.63) is 24.3 Å². The molecule has 0 saturated carbocycles. The number of hydrogen-bond acceptors (Lipinski definition) is 5. The molecule has 6 nitrogen and oxygen atoms in total. The molecule has 3 N–H and O–H groups in total. The van der Waals surface area contributed by atoms with E-state index in [1.54, 1.807) is 0 Å². The summed E-state index contributed by atoms with van der Waals surface area (Å²) in [6, 6.07) is 8.02. The average Bonchev–Trinajstić information content (AvgIpc) is 3.02. The van der Waals surface area contributed by atoms with Crippen molar-refractivity contribution in [3.8, 4) is 0 Å². The molecule has 0 aliphatic carbocycles. The van der Waals surface area contributed by atoms with Gasteiger partial charge in [-0.25, -0.2) is 0 Å². The molecular weight excluding hydrogens is 246 g/mol. The minimum Gasteiger partial charge on any atom is -0.424 e. The molecule has 1 amide bonds. The van der Waals surface area contributed by atoms with Gasteiger partial charge in [0.15, 0.2) is 5.58 Å². The fraction of sp³-hybridized carbons (Fsp3) is 0.385. The molecule has 3 rings (SSSR count). The summed E-state index contributed by atoms with van der Waals surface area (Å²) in [5.74, 6) is -0.399. The molecule has 2 unspecified atom stereocenters. The number of primary amides is 1. The molecule has 2 atom stereocenters. The number of anilines is 1. The van der Waals surface area contributed by atoms with Crippen LogP contribution in [0.15, 0.2) is 28.7 Å². The van der Waals surface area contributed by atoms with E-state index in [1.165, 1.54) is 0 Å². The van der Waals surface area contributed by atoms with Gasteiger partial charge < -0.3 is 20.2 Å². The second-order valence-electron chi connectivity index (χ2n) is 4.59. The van der Waals surface area contributed by atoms with E-state index >= 15 is 0 Å². The second kappa shape index (κ2) is 4.89. The van der Waals surface area contributed by atoms with Gasteiger partial charge in [0, 0.05) is 6.54 Å². The van der Waals surface area contributed by atoms with E-state index in [2.05, 4.69) is 10.3 Å². The lowest BCUT2D eigenvalue weighted by Gasteiger charge is -2.11. The third kappa shape index (κ3) is 2.53. The molecule has 1 aliphatic heterocycles. The smallest absolute Gasteiger partial charge is 0.295 e. The maximum atomic E-state index is 11.0. The molecule has 2 heterocycles. The Morgan fingerprint density at radius 2 is 2.26 bits per heavy atom. The lowest BCUT2D eigenvalue weighted by Crippen LogP contribution is -2.30. The van der Waals surface area contributed by atoms with E-state index in [9.17, 15) is 4.79 Å². The zero-order valence-corrected chi connectivity index (χ0v) is 10.3. The maximum absolute atomic E-state index is 11.0. The largest absolute Gasteiger partial charge is 0.424 e. The summed E-state index contributed by atoms with van der Waals surface area (Å²) in [6.45, 7) is 0.552. The van der Waals surface area contributed by atoms with Gasteiger partial charge in [-0.3, -0.25) is 4.79 Å². The van der Waals surface area contributed by atoms with Crippen molar-refractivity contribution in [1.29, 1.82) is 0 Å². The van der Waals surface area contributed by atoms with Crippen LogP contribution in [0.1, 0.15) is 12.8 Å². The van der Waals surface area contributed by atoms with Gasteiger partial charge in [-0.15, -0.1) is 0 Å². The first-order chi connectivity index (χ1) is 9.22. The number of ether oxygens (including phenoxy) is 1. The lowest BCUT2D eigenvalue weighted by atomic mass is 10.2. The van der Waals surface area contributed by atoms with Crippen molar-refractivity contribution >= 4 is 23.0 Å². The van der Waals surface area contributed by atoms with Gasteiger partial charge in [0.25, 0.3) is 6.01 Å². The number of rotatable bonds is 4. The van der Waals surface area contributed by atoms with Crippen LogP contribution in [-0.2, 0) is 9.53 Å². The number of carbonyl (C=O) groups is 1. The Morgan fingerprint density at radius 3 is 3.00 bits per heavy atom. The molecule has 0 radical (unpaired) electrons. The minimum atomic E-state index is -0.463. The first-order valence-electron chi connectivity index (χ1n) is 6.26. The summed E-state index contributed by atoms with van der Waals surface area (Å²) in [5, 5.41) is 3.08.